The number of carbonyl (C=O) groups is 5. The number of hydroxylamine groups is 4. The highest BCUT2D eigenvalue weighted by molar-refractivity contribution is 7.79. The number of aliphatic hydroxyl groups excluding tert-OH is 1. The van der Waals surface area contributed by atoms with Gasteiger partial charge in [0.15, 0.2) is 11.6 Å². The molecule has 728 valence electrons. The van der Waals surface area contributed by atoms with Crippen molar-refractivity contribution in [3.8, 4) is 22.6 Å². The Labute approximate surface area is 789 Å². The molecule has 132 heavy (non-hydrogen) atoms. The first kappa shape index (κ1) is 126. The number of aromatic amines is 1. The maximum atomic E-state index is 11.1. The molecule has 3 heterocycles. The second-order valence-electron chi connectivity index (χ2n) is 42.1. The number of carbonyl (C=O) groups excluding carboxylic acids is 5. The Hall–Kier alpha value is -12.2. The first-order valence-electron chi connectivity index (χ1n) is 43.0. The highest BCUT2D eigenvalue weighted by Gasteiger charge is 2.26. The van der Waals surface area contributed by atoms with Crippen molar-refractivity contribution < 1.29 is 62.4 Å². The van der Waals surface area contributed by atoms with E-state index in [4.69, 9.17) is 15.5 Å². The average molecular weight is 1850 g/mol. The van der Waals surface area contributed by atoms with Crippen LogP contribution in [0.15, 0.2) is 277 Å². The zero-order valence-electron chi connectivity index (χ0n) is 85.1. The monoisotopic (exact) mass is 1850 g/mol. The Morgan fingerprint density at radius 2 is 0.674 bits per heavy atom. The van der Waals surface area contributed by atoms with Gasteiger partial charge in [-0.1, -0.05) is 404 Å². The number of hydrogen-bond donors (Lipinski definition) is 9. The number of aliphatic hydroxyl groups is 1. The number of nitrogens with one attached hydrogen (secondary N) is 5. The number of amides is 4. The van der Waals surface area contributed by atoms with E-state index in [-0.39, 0.29) is 35.3 Å². The van der Waals surface area contributed by atoms with E-state index in [1.807, 2.05) is 83.8 Å². The van der Waals surface area contributed by atoms with Crippen LogP contribution < -0.4 is 43.9 Å². The van der Waals surface area contributed by atoms with Crippen LogP contribution in [-0.4, -0.2) is 103 Å². The SMILES string of the molecule is CC(C)(C)C.CC(C)(C)C.CC(C)(C)C.CC(C)(C)C.CC(C)(C)C.CC(C)(C)C.CC(C)(C)C.CC(C)(C)C.CN(O)C(=O)c1ccccc1.CNC(=O)c1ccccc1.CNC(=O)c1ccccc1.O=C(NO)c1ccccc1.O=C1OCC(O)=C1c1ccccc1.O=S1N=C(c2ccccc2)NO1.O=c1[nH]c(=O)n(-c2ccccc2)o1.O=c1c(O)c(-c2ccccc2)c1=O. The Kier molecular flexibility index (Phi) is 60.9. The minimum absolute atomic E-state index is 0.0104. The molecule has 10 aromatic rings. The number of nitrogens with zero attached hydrogens (tertiary/aromatic N) is 3. The minimum atomic E-state index is -1.58. The number of benzene rings is 8. The summed E-state index contributed by atoms with van der Waals surface area (Å²) in [5, 5.41) is 41.1. The van der Waals surface area contributed by atoms with Gasteiger partial charge in [-0.15, -0.1) is 9.14 Å². The number of hydrogen-bond acceptors (Lipinski definition) is 18. The third-order valence-electron chi connectivity index (χ3n) is 11.8. The van der Waals surface area contributed by atoms with Crippen molar-refractivity contribution in [3.05, 3.63) is 323 Å². The maximum Gasteiger partial charge on any atom is 0.440 e. The summed E-state index contributed by atoms with van der Waals surface area (Å²) >= 11 is -1.58. The van der Waals surface area contributed by atoms with Crippen LogP contribution in [0.3, 0.4) is 0 Å². The smallest absolute Gasteiger partial charge is 0.440 e. The van der Waals surface area contributed by atoms with E-state index >= 15 is 0 Å². The normalized spacial score (nSPS) is 12.0. The highest BCUT2D eigenvalue weighted by Crippen LogP contribution is 2.25. The van der Waals surface area contributed by atoms with E-state index in [9.17, 15) is 52.5 Å². The summed E-state index contributed by atoms with van der Waals surface area (Å²) in [5.41, 5.74) is 11.4. The Morgan fingerprint density at radius 3 is 0.917 bits per heavy atom. The summed E-state index contributed by atoms with van der Waals surface area (Å²) < 4.78 is 29.1. The Balaban J connectivity index is -0.000000672. The Bertz CT molecular complexity index is 4800. The summed E-state index contributed by atoms with van der Waals surface area (Å²) in [6.07, 6.45) is 0. The molecule has 0 saturated heterocycles. The van der Waals surface area contributed by atoms with E-state index in [0.717, 1.165) is 10.3 Å². The van der Waals surface area contributed by atoms with Gasteiger partial charge in [0.25, 0.3) is 29.1 Å². The van der Waals surface area contributed by atoms with Crippen LogP contribution in [0.25, 0.3) is 22.4 Å². The standard InChI is InChI=1S/C10H8O3.C10H6O3.C8H6N2O3.C8H9NO2.2C8H9NO.C7H6N2O2S.C7H7NO2.8C5H12/c11-8-6-13-10(12)9(8)7-4-2-1-3-5-7;11-8-7(9(12)10(8)13)6-4-2-1-3-5-6;11-7-9-8(12)13-10(7)6-4-2-1-3-5-6;1-9(11)8(10)7-5-3-2-4-6-7;2*1-9-8(10)7-5-3-2-4-6-7;10-12-9-7(8-11-12)6-4-2-1-3-5-6;9-7(8-10)6-4-2-1-3-5-6;8*1-5(2,3)4/h1-5,11H,6H2;1-5,11H;1-5H,(H,9,11,12);2-6,11H,1H3;2*2-6H,1H3,(H,9,10);1-5H,(H,8,9);1-5,10H,(H,8,9);8*1-4H3. The molecule has 0 spiro atoms. The van der Waals surface area contributed by atoms with Crippen molar-refractivity contribution >= 4 is 52.3 Å². The fourth-order valence-corrected chi connectivity index (χ4v) is 7.82. The molecular formula is C106H156N8O17S. The Morgan fingerprint density at radius 1 is 0.402 bits per heavy atom. The van der Waals surface area contributed by atoms with Gasteiger partial charge in [0.1, 0.15) is 17.9 Å². The molecule has 0 saturated carbocycles. The predicted octanol–water partition coefficient (Wildman–Crippen LogP) is 23.3. The lowest BCUT2D eigenvalue weighted by molar-refractivity contribution is -0.134. The fraction of sp³-hybridized carbons (Fsp3) is 0.415. The van der Waals surface area contributed by atoms with Gasteiger partial charge in [0.05, 0.1) is 11.3 Å². The lowest BCUT2D eigenvalue weighted by atomic mass is 10.0. The van der Waals surface area contributed by atoms with Crippen molar-refractivity contribution in [1.82, 2.24) is 36.4 Å². The molecule has 1 unspecified atom stereocenters. The molecule has 9 N–H and O–H groups in total. The first-order chi connectivity index (χ1) is 60.4. The first-order valence-corrected chi connectivity index (χ1v) is 44.1. The summed E-state index contributed by atoms with van der Waals surface area (Å²) in [7, 11) is 4.54. The topological polar surface area (TPSA) is 368 Å². The van der Waals surface area contributed by atoms with Crippen molar-refractivity contribution in [1.29, 1.82) is 0 Å². The molecule has 0 fully saturated rings. The van der Waals surface area contributed by atoms with E-state index in [2.05, 4.69) is 256 Å². The number of para-hydroxylation sites is 1. The minimum Gasteiger partial charge on any atom is -0.508 e. The highest BCUT2D eigenvalue weighted by atomic mass is 32.2. The number of rotatable bonds is 8. The zero-order chi connectivity index (χ0) is 103. The lowest BCUT2D eigenvalue weighted by Crippen LogP contribution is -2.31. The summed E-state index contributed by atoms with van der Waals surface area (Å²) in [4.78, 5) is 100. The van der Waals surface area contributed by atoms with Crippen LogP contribution in [-0.2, 0) is 25.1 Å². The van der Waals surface area contributed by atoms with Crippen LogP contribution in [0.4, 0.5) is 0 Å². The number of ether oxygens (including phenoxy) is 1. The van der Waals surface area contributed by atoms with Crippen LogP contribution in [0.1, 0.15) is 274 Å². The van der Waals surface area contributed by atoms with E-state index in [0.29, 0.717) is 93.3 Å². The van der Waals surface area contributed by atoms with Crippen molar-refractivity contribution in [2.75, 3.05) is 27.7 Å². The zero-order valence-corrected chi connectivity index (χ0v) is 86.0. The van der Waals surface area contributed by atoms with E-state index < -0.39 is 57.1 Å². The summed E-state index contributed by atoms with van der Waals surface area (Å²) in [6.45, 7) is 70.0. The average Bonchev–Trinajstić information content (AvgIpc) is 0.929. The third-order valence-corrected chi connectivity index (χ3v) is 12.4. The molecule has 2 aliphatic heterocycles. The molecule has 2 aliphatic rings. The van der Waals surface area contributed by atoms with Crippen LogP contribution in [0, 0.1) is 43.3 Å². The second-order valence-corrected chi connectivity index (χ2v) is 42.8. The molecular weight excluding hydrogens is 1690 g/mol. The lowest BCUT2D eigenvalue weighted by Gasteiger charge is -2.06. The molecule has 9 aromatic carbocycles. The van der Waals surface area contributed by atoms with Crippen molar-refractivity contribution in [2.45, 2.75) is 222 Å². The predicted molar refractivity (Wildman–Crippen MR) is 542 cm³/mol. The summed E-state index contributed by atoms with van der Waals surface area (Å²) in [5.74, 6) is -2.08. The number of aromatic hydroxyl groups is 1. The van der Waals surface area contributed by atoms with Gasteiger partial charge >= 0.3 is 28.7 Å². The fourth-order valence-electron chi connectivity index (χ4n) is 7.34. The van der Waals surface area contributed by atoms with Crippen molar-refractivity contribution in [3.63, 3.8) is 0 Å². The molecule has 4 amide bonds. The third kappa shape index (κ3) is 77.7. The van der Waals surface area contributed by atoms with Gasteiger partial charge in [-0.05, 0) is 115 Å². The van der Waals surface area contributed by atoms with Crippen molar-refractivity contribution in [2.24, 2.45) is 47.7 Å². The van der Waals surface area contributed by atoms with E-state index in [1.165, 1.54) is 7.05 Å². The van der Waals surface area contributed by atoms with Crippen LogP contribution in [0.2, 0.25) is 0 Å². The van der Waals surface area contributed by atoms with Gasteiger partial charge in [-0.25, -0.2) is 39.6 Å². The van der Waals surface area contributed by atoms with Gasteiger partial charge in [0, 0.05) is 49.0 Å². The number of aromatic nitrogens is 2. The largest absolute Gasteiger partial charge is 0.508 e. The quantitative estimate of drug-likeness (QED) is 0.0295. The van der Waals surface area contributed by atoms with E-state index in [1.54, 1.807) is 183 Å². The summed E-state index contributed by atoms with van der Waals surface area (Å²) in [6, 6.07) is 70.9. The van der Waals surface area contributed by atoms with Crippen LogP contribution in [0.5, 0.6) is 5.75 Å². The van der Waals surface area contributed by atoms with Gasteiger partial charge < -0.3 is 30.1 Å². The molecule has 25 nitrogen and oxygen atoms in total. The number of amidine groups is 1. The van der Waals surface area contributed by atoms with Gasteiger partial charge in [-0.2, -0.15) is 4.28 Å². The van der Waals surface area contributed by atoms with Crippen LogP contribution >= 0.6 is 0 Å². The number of esters is 1. The number of cyclic esters (lactones) is 1. The molecule has 12 rings (SSSR count). The molecule has 0 radical (unpaired) electrons. The molecule has 0 aliphatic carbocycles. The van der Waals surface area contributed by atoms with Gasteiger partial charge in [0.2, 0.25) is 5.43 Å². The molecule has 1 atom stereocenters. The second kappa shape index (κ2) is 63.7. The molecule has 1 aromatic heterocycles. The molecule has 26 heteroatoms. The molecule has 0 bridgehead atoms. The number of H-pyrrole nitrogens is 1. The van der Waals surface area contributed by atoms with Gasteiger partial charge in [-0.3, -0.25) is 39.2 Å². The maximum absolute atomic E-state index is 11.1.